The van der Waals surface area contributed by atoms with Gasteiger partial charge in [-0.1, -0.05) is 29.8 Å². The number of amides is 2. The standard InChI is InChI=1S/C19H24N2O3/c1-12-2-4-13(5-3-12)10-17(22)21-11-15(18-16(21)8-9-24-18)19(23)20-14-6-7-14/h2-5,14-16,18H,6-11H2,1H3,(H,20,23). The molecule has 1 aliphatic carbocycles. The van der Waals surface area contributed by atoms with Crippen LogP contribution in [0.25, 0.3) is 0 Å². The van der Waals surface area contributed by atoms with Gasteiger partial charge in [0.25, 0.3) is 0 Å². The Hall–Kier alpha value is -1.88. The Balaban J connectivity index is 1.45. The third kappa shape index (κ3) is 3.05. The zero-order valence-electron chi connectivity index (χ0n) is 14.0. The van der Waals surface area contributed by atoms with Gasteiger partial charge in [-0.3, -0.25) is 9.59 Å². The van der Waals surface area contributed by atoms with Gasteiger partial charge in [0.05, 0.1) is 24.5 Å². The van der Waals surface area contributed by atoms with Gasteiger partial charge >= 0.3 is 0 Å². The Labute approximate surface area is 142 Å². The fourth-order valence-electron chi connectivity index (χ4n) is 3.81. The van der Waals surface area contributed by atoms with Gasteiger partial charge in [-0.25, -0.2) is 0 Å². The first-order valence-corrected chi connectivity index (χ1v) is 8.89. The molecule has 2 amide bonds. The maximum Gasteiger partial charge on any atom is 0.227 e. The van der Waals surface area contributed by atoms with Crippen LogP contribution in [0.1, 0.15) is 30.4 Å². The zero-order chi connectivity index (χ0) is 16.7. The van der Waals surface area contributed by atoms with E-state index in [-0.39, 0.29) is 29.9 Å². The number of fused-ring (bicyclic) bond motifs is 1. The third-order valence-electron chi connectivity index (χ3n) is 5.35. The summed E-state index contributed by atoms with van der Waals surface area (Å²) < 4.78 is 5.80. The number of benzene rings is 1. The fourth-order valence-corrected chi connectivity index (χ4v) is 3.81. The predicted molar refractivity (Wildman–Crippen MR) is 89.4 cm³/mol. The predicted octanol–water partition coefficient (Wildman–Crippen LogP) is 1.43. The van der Waals surface area contributed by atoms with Crippen molar-refractivity contribution in [1.82, 2.24) is 10.2 Å². The summed E-state index contributed by atoms with van der Waals surface area (Å²) in [7, 11) is 0. The van der Waals surface area contributed by atoms with Gasteiger partial charge in [0.2, 0.25) is 11.8 Å². The van der Waals surface area contributed by atoms with Gasteiger partial charge in [0.1, 0.15) is 0 Å². The van der Waals surface area contributed by atoms with Gasteiger partial charge in [0.15, 0.2) is 0 Å². The van der Waals surface area contributed by atoms with Crippen molar-refractivity contribution in [2.45, 2.75) is 50.8 Å². The van der Waals surface area contributed by atoms with Crippen LogP contribution < -0.4 is 5.32 Å². The number of nitrogens with one attached hydrogen (secondary N) is 1. The van der Waals surface area contributed by atoms with Crippen LogP contribution in [0.4, 0.5) is 0 Å². The lowest BCUT2D eigenvalue weighted by atomic mass is 10.0. The molecule has 5 heteroatoms. The summed E-state index contributed by atoms with van der Waals surface area (Å²) in [6.45, 7) is 3.16. The van der Waals surface area contributed by atoms with E-state index in [4.69, 9.17) is 4.74 Å². The summed E-state index contributed by atoms with van der Waals surface area (Å²) in [5, 5.41) is 3.07. The van der Waals surface area contributed by atoms with E-state index in [9.17, 15) is 9.59 Å². The smallest absolute Gasteiger partial charge is 0.227 e. The fraction of sp³-hybridized carbons (Fsp3) is 0.579. The van der Waals surface area contributed by atoms with Crippen molar-refractivity contribution < 1.29 is 14.3 Å². The molecule has 1 N–H and O–H groups in total. The van der Waals surface area contributed by atoms with Gasteiger partial charge in [0, 0.05) is 19.2 Å². The molecule has 3 aliphatic rings. The number of carbonyl (C=O) groups excluding carboxylic acids is 2. The second-order valence-corrected chi connectivity index (χ2v) is 7.29. The third-order valence-corrected chi connectivity index (χ3v) is 5.35. The molecule has 24 heavy (non-hydrogen) atoms. The summed E-state index contributed by atoms with van der Waals surface area (Å²) in [4.78, 5) is 27.1. The molecule has 1 saturated carbocycles. The molecule has 3 atom stereocenters. The molecule has 3 fully saturated rings. The molecule has 2 heterocycles. The van der Waals surface area contributed by atoms with Crippen molar-refractivity contribution in [1.29, 1.82) is 0 Å². The molecular weight excluding hydrogens is 304 g/mol. The van der Waals surface area contributed by atoms with Gasteiger partial charge in [-0.05, 0) is 31.7 Å². The van der Waals surface area contributed by atoms with Crippen LogP contribution in [0, 0.1) is 12.8 Å². The molecule has 4 rings (SSSR count). The van der Waals surface area contributed by atoms with Crippen molar-refractivity contribution in [3.05, 3.63) is 35.4 Å². The number of rotatable bonds is 4. The number of aryl methyl sites for hydroxylation is 1. The Bertz CT molecular complexity index is 639. The molecule has 1 aromatic rings. The first-order valence-electron chi connectivity index (χ1n) is 8.89. The average Bonchev–Trinajstić information content (AvgIpc) is 3.10. The summed E-state index contributed by atoms with van der Waals surface area (Å²) >= 11 is 0. The maximum absolute atomic E-state index is 12.8. The molecule has 5 nitrogen and oxygen atoms in total. The number of carbonyl (C=O) groups is 2. The Morgan fingerprint density at radius 1 is 1.21 bits per heavy atom. The molecule has 0 radical (unpaired) electrons. The average molecular weight is 328 g/mol. The highest BCUT2D eigenvalue weighted by molar-refractivity contribution is 5.84. The molecule has 2 aliphatic heterocycles. The molecule has 128 valence electrons. The summed E-state index contributed by atoms with van der Waals surface area (Å²) in [5.74, 6) is -0.0684. The van der Waals surface area contributed by atoms with E-state index in [1.807, 2.05) is 36.1 Å². The zero-order valence-corrected chi connectivity index (χ0v) is 14.0. The first kappa shape index (κ1) is 15.6. The maximum atomic E-state index is 12.8. The quantitative estimate of drug-likeness (QED) is 0.910. The minimum absolute atomic E-state index is 0.0536. The number of hydrogen-bond acceptors (Lipinski definition) is 3. The highest BCUT2D eigenvalue weighted by Crippen LogP contribution is 2.34. The van der Waals surface area contributed by atoms with Gasteiger partial charge in [-0.2, -0.15) is 0 Å². The highest BCUT2D eigenvalue weighted by Gasteiger charge is 2.50. The van der Waals surface area contributed by atoms with Crippen LogP contribution in [-0.2, 0) is 20.7 Å². The number of hydrogen-bond donors (Lipinski definition) is 1. The van der Waals surface area contributed by atoms with E-state index in [0.717, 1.165) is 24.8 Å². The number of nitrogens with zero attached hydrogens (tertiary/aromatic N) is 1. The van der Waals surface area contributed by atoms with Crippen molar-refractivity contribution in [2.24, 2.45) is 5.92 Å². The Kier molecular flexibility index (Phi) is 4.04. The van der Waals surface area contributed by atoms with Crippen LogP contribution in [0.5, 0.6) is 0 Å². The van der Waals surface area contributed by atoms with Crippen LogP contribution in [0.3, 0.4) is 0 Å². The van der Waals surface area contributed by atoms with E-state index < -0.39 is 0 Å². The minimum Gasteiger partial charge on any atom is -0.375 e. The van der Waals surface area contributed by atoms with Crippen molar-refractivity contribution in [3.63, 3.8) is 0 Å². The molecular formula is C19H24N2O3. The molecule has 0 aromatic heterocycles. The second kappa shape index (κ2) is 6.20. The van der Waals surface area contributed by atoms with Crippen molar-refractivity contribution >= 4 is 11.8 Å². The lowest BCUT2D eigenvalue weighted by Gasteiger charge is -2.22. The Morgan fingerprint density at radius 3 is 2.67 bits per heavy atom. The summed E-state index contributed by atoms with van der Waals surface area (Å²) in [5.41, 5.74) is 2.21. The largest absolute Gasteiger partial charge is 0.375 e. The monoisotopic (exact) mass is 328 g/mol. The molecule has 2 saturated heterocycles. The topological polar surface area (TPSA) is 58.6 Å². The number of ether oxygens (including phenoxy) is 1. The van der Waals surface area contributed by atoms with Gasteiger partial charge < -0.3 is 15.0 Å². The first-order chi connectivity index (χ1) is 11.6. The van der Waals surface area contributed by atoms with Crippen LogP contribution in [-0.4, -0.2) is 48.1 Å². The van der Waals surface area contributed by atoms with Crippen molar-refractivity contribution in [2.75, 3.05) is 13.2 Å². The second-order valence-electron chi connectivity index (χ2n) is 7.29. The summed E-state index contributed by atoms with van der Waals surface area (Å²) in [6, 6.07) is 8.46. The minimum atomic E-state index is -0.222. The SMILES string of the molecule is Cc1ccc(CC(=O)N2CC(C(=O)NC3CC3)C3OCCC32)cc1. The Morgan fingerprint density at radius 2 is 1.96 bits per heavy atom. The van der Waals surface area contributed by atoms with E-state index in [1.165, 1.54) is 5.56 Å². The van der Waals surface area contributed by atoms with E-state index in [2.05, 4.69) is 5.32 Å². The number of likely N-dealkylation sites (tertiary alicyclic amines) is 1. The molecule has 1 aromatic carbocycles. The summed E-state index contributed by atoms with van der Waals surface area (Å²) in [6.07, 6.45) is 3.23. The normalized spacial score (nSPS) is 28.7. The van der Waals surface area contributed by atoms with E-state index in [0.29, 0.717) is 25.6 Å². The van der Waals surface area contributed by atoms with Crippen LogP contribution in [0.2, 0.25) is 0 Å². The van der Waals surface area contributed by atoms with Crippen molar-refractivity contribution in [3.8, 4) is 0 Å². The molecule has 0 bridgehead atoms. The highest BCUT2D eigenvalue weighted by atomic mass is 16.5. The lowest BCUT2D eigenvalue weighted by molar-refractivity contribution is -0.131. The molecule has 0 spiro atoms. The van der Waals surface area contributed by atoms with E-state index >= 15 is 0 Å². The van der Waals surface area contributed by atoms with Crippen LogP contribution in [0.15, 0.2) is 24.3 Å². The van der Waals surface area contributed by atoms with Gasteiger partial charge in [-0.15, -0.1) is 0 Å². The van der Waals surface area contributed by atoms with E-state index in [1.54, 1.807) is 0 Å². The molecule has 3 unspecified atom stereocenters. The lowest BCUT2D eigenvalue weighted by Crippen LogP contribution is -2.39. The van der Waals surface area contributed by atoms with Crippen LogP contribution >= 0.6 is 0 Å².